The summed E-state index contributed by atoms with van der Waals surface area (Å²) in [7, 11) is 0. The Labute approximate surface area is 205 Å². The summed E-state index contributed by atoms with van der Waals surface area (Å²) >= 11 is 0. The number of rotatable bonds is 11. The normalized spacial score (nSPS) is 12.4. The molecule has 6 heteroatoms. The Hall–Kier alpha value is -3.80. The second-order valence-electron chi connectivity index (χ2n) is 8.75. The van der Waals surface area contributed by atoms with Gasteiger partial charge in [0, 0.05) is 24.8 Å². The summed E-state index contributed by atoms with van der Waals surface area (Å²) in [6.45, 7) is 3.44. The van der Waals surface area contributed by atoms with Crippen molar-refractivity contribution >= 4 is 17.7 Å². The van der Waals surface area contributed by atoms with Crippen molar-refractivity contribution in [1.29, 1.82) is 0 Å². The van der Waals surface area contributed by atoms with Crippen LogP contribution >= 0.6 is 0 Å². The van der Waals surface area contributed by atoms with E-state index in [4.69, 9.17) is 4.74 Å². The fourth-order valence-corrected chi connectivity index (χ4v) is 3.84. The van der Waals surface area contributed by atoms with Crippen molar-refractivity contribution in [2.45, 2.75) is 39.2 Å². The molecule has 0 fully saturated rings. The molecule has 3 aromatic carbocycles. The number of hydrogen-bond acceptors (Lipinski definition) is 4. The zero-order chi connectivity index (χ0) is 25.2. The van der Waals surface area contributed by atoms with Crippen molar-refractivity contribution in [3.8, 4) is 0 Å². The molecule has 0 saturated heterocycles. The van der Waals surface area contributed by atoms with Gasteiger partial charge in [-0.3, -0.25) is 14.4 Å². The summed E-state index contributed by atoms with van der Waals surface area (Å²) in [5, 5.41) is 2.85. The first kappa shape index (κ1) is 25.8. The molecule has 1 N–H and O–H groups in total. The van der Waals surface area contributed by atoms with Crippen molar-refractivity contribution in [2.24, 2.45) is 5.92 Å². The average Bonchev–Trinajstić information content (AvgIpc) is 2.85. The van der Waals surface area contributed by atoms with Gasteiger partial charge in [0.05, 0.1) is 12.6 Å². The highest BCUT2D eigenvalue weighted by atomic mass is 19.1. The zero-order valence-corrected chi connectivity index (χ0v) is 20.0. The van der Waals surface area contributed by atoms with Crippen LogP contribution in [-0.2, 0) is 27.2 Å². The van der Waals surface area contributed by atoms with Crippen LogP contribution < -0.4 is 5.32 Å². The third kappa shape index (κ3) is 8.49. The van der Waals surface area contributed by atoms with E-state index in [9.17, 15) is 18.8 Å². The lowest BCUT2D eigenvalue weighted by Crippen LogP contribution is -2.43. The minimum Gasteiger partial charge on any atom is -0.466 e. The van der Waals surface area contributed by atoms with Crippen molar-refractivity contribution in [3.05, 3.63) is 107 Å². The lowest BCUT2D eigenvalue weighted by atomic mass is 9.90. The maximum absolute atomic E-state index is 13.5. The van der Waals surface area contributed by atoms with E-state index in [1.165, 1.54) is 19.1 Å². The molecule has 0 aliphatic heterocycles. The number of carbonyl (C=O) groups is 3. The second kappa shape index (κ2) is 12.6. The molecule has 182 valence electrons. The van der Waals surface area contributed by atoms with E-state index in [-0.39, 0.29) is 42.9 Å². The van der Waals surface area contributed by atoms with Gasteiger partial charge in [-0.2, -0.15) is 0 Å². The molecule has 2 atom stereocenters. The SMILES string of the molecule is CC(=O)OC[C@@H](CC(=O)[C@H](Cc1ccc(F)cc1)NC(=O)c1ccccc1)Cc1ccc(C)cc1. The number of Topliss-reactive ketones (excluding diaryl/α,β-unsaturated/α-hetero) is 1. The molecule has 0 heterocycles. The largest absolute Gasteiger partial charge is 0.466 e. The number of carbonyl (C=O) groups excluding carboxylic acids is 3. The standard InChI is InChI=1S/C29H30FNO4/c1-20-8-10-22(11-9-20)16-24(19-35-21(2)32)18-28(33)27(17-23-12-14-26(30)15-13-23)31-29(34)25-6-4-3-5-7-25/h3-15,24,27H,16-19H2,1-2H3,(H,31,34)/t24-,27+/m1/s1. The fraction of sp³-hybridized carbons (Fsp3) is 0.276. The van der Waals surface area contributed by atoms with Crippen LogP contribution in [0.5, 0.6) is 0 Å². The summed E-state index contributed by atoms with van der Waals surface area (Å²) in [5.41, 5.74) is 3.34. The Morgan fingerprint density at radius 2 is 1.46 bits per heavy atom. The molecule has 0 aromatic heterocycles. The van der Waals surface area contributed by atoms with E-state index >= 15 is 0 Å². The van der Waals surface area contributed by atoms with Crippen LogP contribution in [-0.4, -0.2) is 30.3 Å². The quantitative estimate of drug-likeness (QED) is 0.402. The molecule has 0 spiro atoms. The van der Waals surface area contributed by atoms with Gasteiger partial charge in [-0.25, -0.2) is 4.39 Å². The fourth-order valence-electron chi connectivity index (χ4n) is 3.84. The Morgan fingerprint density at radius 1 is 0.857 bits per heavy atom. The summed E-state index contributed by atoms with van der Waals surface area (Å²) in [4.78, 5) is 37.7. The molecule has 0 unspecified atom stereocenters. The number of esters is 1. The third-order valence-electron chi connectivity index (χ3n) is 5.74. The minimum absolute atomic E-state index is 0.102. The number of ether oxygens (including phenoxy) is 1. The van der Waals surface area contributed by atoms with Gasteiger partial charge in [0.2, 0.25) is 0 Å². The van der Waals surface area contributed by atoms with Crippen LogP contribution in [0.1, 0.15) is 40.4 Å². The minimum atomic E-state index is -0.814. The monoisotopic (exact) mass is 475 g/mol. The molecule has 0 saturated carbocycles. The Kier molecular flexibility index (Phi) is 9.30. The van der Waals surface area contributed by atoms with Gasteiger partial charge in [-0.05, 0) is 55.2 Å². The second-order valence-corrected chi connectivity index (χ2v) is 8.75. The summed E-state index contributed by atoms with van der Waals surface area (Å²) in [6.07, 6.45) is 0.889. The molecule has 0 aliphatic rings. The van der Waals surface area contributed by atoms with E-state index in [0.29, 0.717) is 12.0 Å². The molecule has 0 aliphatic carbocycles. The van der Waals surface area contributed by atoms with E-state index < -0.39 is 12.0 Å². The number of nitrogens with one attached hydrogen (secondary N) is 1. The van der Waals surface area contributed by atoms with Crippen molar-refractivity contribution in [2.75, 3.05) is 6.61 Å². The Balaban J connectivity index is 1.78. The van der Waals surface area contributed by atoms with E-state index in [1.807, 2.05) is 37.3 Å². The number of halogens is 1. The summed E-state index contributed by atoms with van der Waals surface area (Å²) < 4.78 is 18.6. The van der Waals surface area contributed by atoms with Crippen molar-refractivity contribution in [3.63, 3.8) is 0 Å². The molecule has 0 radical (unpaired) electrons. The van der Waals surface area contributed by atoms with Crippen LogP contribution in [0.25, 0.3) is 0 Å². The van der Waals surface area contributed by atoms with Gasteiger partial charge >= 0.3 is 5.97 Å². The molecular formula is C29H30FNO4. The highest BCUT2D eigenvalue weighted by molar-refractivity contribution is 5.98. The zero-order valence-electron chi connectivity index (χ0n) is 20.0. The number of benzene rings is 3. The summed E-state index contributed by atoms with van der Waals surface area (Å²) in [6, 6.07) is 21.7. The predicted molar refractivity (Wildman–Crippen MR) is 132 cm³/mol. The molecular weight excluding hydrogens is 445 g/mol. The molecule has 35 heavy (non-hydrogen) atoms. The lowest BCUT2D eigenvalue weighted by molar-refractivity contribution is -0.143. The lowest BCUT2D eigenvalue weighted by Gasteiger charge is -2.22. The third-order valence-corrected chi connectivity index (χ3v) is 5.74. The van der Waals surface area contributed by atoms with E-state index in [1.54, 1.807) is 36.4 Å². The molecule has 3 rings (SSSR count). The number of amides is 1. The van der Waals surface area contributed by atoms with Crippen LogP contribution in [0.3, 0.4) is 0 Å². The van der Waals surface area contributed by atoms with Gasteiger partial charge in [0.15, 0.2) is 5.78 Å². The average molecular weight is 476 g/mol. The smallest absolute Gasteiger partial charge is 0.302 e. The van der Waals surface area contributed by atoms with E-state index in [2.05, 4.69) is 5.32 Å². The first-order valence-corrected chi connectivity index (χ1v) is 11.6. The summed E-state index contributed by atoms with van der Waals surface area (Å²) in [5.74, 6) is -1.57. The highest BCUT2D eigenvalue weighted by Crippen LogP contribution is 2.18. The van der Waals surface area contributed by atoms with Crippen LogP contribution in [0.15, 0.2) is 78.9 Å². The van der Waals surface area contributed by atoms with Gasteiger partial charge < -0.3 is 10.1 Å². The topological polar surface area (TPSA) is 72.5 Å². The van der Waals surface area contributed by atoms with Gasteiger partial charge in [-0.1, -0.05) is 60.2 Å². The Morgan fingerprint density at radius 3 is 2.09 bits per heavy atom. The molecule has 0 bridgehead atoms. The maximum atomic E-state index is 13.5. The van der Waals surface area contributed by atoms with Gasteiger partial charge in [0.1, 0.15) is 5.82 Å². The number of aryl methyl sites for hydroxylation is 1. The highest BCUT2D eigenvalue weighted by Gasteiger charge is 2.26. The maximum Gasteiger partial charge on any atom is 0.302 e. The van der Waals surface area contributed by atoms with Crippen molar-refractivity contribution in [1.82, 2.24) is 5.32 Å². The first-order valence-electron chi connectivity index (χ1n) is 11.6. The Bertz CT molecular complexity index is 1130. The first-order chi connectivity index (χ1) is 16.8. The van der Waals surface area contributed by atoms with Crippen molar-refractivity contribution < 1.29 is 23.5 Å². The molecule has 3 aromatic rings. The van der Waals surface area contributed by atoms with Gasteiger partial charge in [-0.15, -0.1) is 0 Å². The molecule has 1 amide bonds. The van der Waals surface area contributed by atoms with Gasteiger partial charge in [0.25, 0.3) is 5.91 Å². The van der Waals surface area contributed by atoms with Crippen LogP contribution in [0.2, 0.25) is 0 Å². The predicted octanol–water partition coefficient (Wildman–Crippen LogP) is 4.86. The number of hydrogen-bond donors (Lipinski definition) is 1. The number of ketones is 1. The van der Waals surface area contributed by atoms with Crippen LogP contribution in [0.4, 0.5) is 4.39 Å². The van der Waals surface area contributed by atoms with Crippen LogP contribution in [0, 0.1) is 18.7 Å². The van der Waals surface area contributed by atoms with E-state index in [0.717, 1.165) is 16.7 Å². The molecule has 5 nitrogen and oxygen atoms in total.